The Labute approximate surface area is 267 Å². The highest BCUT2D eigenvalue weighted by molar-refractivity contribution is 7.83. The molecule has 0 aliphatic carbocycles. The Balaban J connectivity index is 0.000000256. The van der Waals surface area contributed by atoms with E-state index in [1.165, 1.54) is 0 Å². The molecule has 0 amide bonds. The normalized spacial score (nSPS) is 22.0. The summed E-state index contributed by atoms with van der Waals surface area (Å²) in [6, 6.07) is 3.75. The number of aryl methyl sites for hydroxylation is 2. The van der Waals surface area contributed by atoms with E-state index in [1.54, 1.807) is 26.2 Å². The number of pyridine rings is 2. The van der Waals surface area contributed by atoms with Gasteiger partial charge in [-0.2, -0.15) is 0 Å². The Kier molecular flexibility index (Phi) is 13.8. The van der Waals surface area contributed by atoms with E-state index in [2.05, 4.69) is 22.2 Å². The predicted octanol–water partition coefficient (Wildman–Crippen LogP) is 7.40. The number of nitrogens with zero attached hydrogens (tertiary/aromatic N) is 2. The number of thiocarbonyl (C=S) groups is 2. The summed E-state index contributed by atoms with van der Waals surface area (Å²) in [7, 11) is 0. The Morgan fingerprint density at radius 2 is 1.32 bits per heavy atom. The van der Waals surface area contributed by atoms with Crippen molar-refractivity contribution < 1.29 is 28.8 Å². The third kappa shape index (κ3) is 11.9. The minimum atomic E-state index is -0.750. The number of aliphatic hydroxyl groups is 1. The Bertz CT molecular complexity index is 1210. The lowest BCUT2D eigenvalue weighted by Gasteiger charge is -2.25. The molecule has 228 valence electrons. The first-order valence-electron chi connectivity index (χ1n) is 12.8. The monoisotopic (exact) mass is 666 g/mol. The molecule has 4 atom stereocenters. The van der Waals surface area contributed by atoms with E-state index in [1.807, 2.05) is 53.7 Å². The average Bonchev–Trinajstić information content (AvgIpc) is 3.41. The number of aliphatic hydroxyl groups excluding tert-OH is 1. The molecule has 2 aromatic heterocycles. The average molecular weight is 668 g/mol. The third-order valence-electron chi connectivity index (χ3n) is 5.78. The highest BCUT2D eigenvalue weighted by Gasteiger charge is 2.40. The van der Waals surface area contributed by atoms with Crippen LogP contribution in [0.5, 0.6) is 0 Å². The molecule has 4 heterocycles. The zero-order valence-corrected chi connectivity index (χ0v) is 28.3. The molecule has 0 spiro atoms. The summed E-state index contributed by atoms with van der Waals surface area (Å²) in [5, 5.41) is 11.6. The summed E-state index contributed by atoms with van der Waals surface area (Å²) in [6.45, 7) is 15.4. The lowest BCUT2D eigenvalue weighted by atomic mass is 10.1. The smallest absolute Gasteiger partial charge is 0.163 e. The fourth-order valence-corrected chi connectivity index (χ4v) is 4.28. The van der Waals surface area contributed by atoms with E-state index < -0.39 is 17.7 Å². The largest absolute Gasteiger partial charge is 0.477 e. The van der Waals surface area contributed by atoms with Gasteiger partial charge in [-0.1, -0.05) is 47.0 Å². The molecule has 2 aromatic rings. The van der Waals surface area contributed by atoms with Crippen molar-refractivity contribution in [3.63, 3.8) is 0 Å². The Morgan fingerprint density at radius 1 is 0.902 bits per heavy atom. The SMILES string of the molecule is CC(=S)Cl.CC(=S)OC(c1cnc(Cl)c(C)c1)[C@@H]1COC(C)(C)O1.Cc1cc(C(O)[C@@H]2COC(C)(C)O2)cnc1Cl. The van der Waals surface area contributed by atoms with Gasteiger partial charge in [-0.3, -0.25) is 0 Å². The second-order valence-electron chi connectivity index (χ2n) is 10.4. The molecule has 41 heavy (non-hydrogen) atoms. The van der Waals surface area contributed by atoms with Crippen LogP contribution in [-0.4, -0.2) is 61.4 Å². The number of ether oxygens (including phenoxy) is 5. The van der Waals surface area contributed by atoms with E-state index in [0.29, 0.717) is 38.5 Å². The zero-order valence-electron chi connectivity index (χ0n) is 24.4. The molecule has 2 aliphatic rings. The minimum Gasteiger partial charge on any atom is -0.477 e. The van der Waals surface area contributed by atoms with Gasteiger partial charge in [0, 0.05) is 30.4 Å². The molecule has 4 rings (SSSR count). The summed E-state index contributed by atoms with van der Waals surface area (Å²) >= 11 is 26.2. The molecule has 0 aromatic carbocycles. The molecule has 2 aliphatic heterocycles. The van der Waals surface area contributed by atoms with E-state index in [9.17, 15) is 5.11 Å². The second-order valence-corrected chi connectivity index (χ2v) is 13.1. The van der Waals surface area contributed by atoms with Crippen molar-refractivity contribution in [2.45, 2.75) is 91.4 Å². The van der Waals surface area contributed by atoms with Gasteiger partial charge in [0.15, 0.2) is 22.7 Å². The molecule has 0 saturated carbocycles. The van der Waals surface area contributed by atoms with Gasteiger partial charge < -0.3 is 28.8 Å². The van der Waals surface area contributed by atoms with Crippen molar-refractivity contribution in [1.29, 1.82) is 0 Å². The van der Waals surface area contributed by atoms with Gasteiger partial charge in [0.25, 0.3) is 0 Å². The van der Waals surface area contributed by atoms with Gasteiger partial charge in [0.05, 0.1) is 17.5 Å². The maximum atomic E-state index is 10.2. The predicted molar refractivity (Wildman–Crippen MR) is 169 cm³/mol. The number of rotatable bonds is 5. The number of hydrogen-bond donors (Lipinski definition) is 1. The van der Waals surface area contributed by atoms with Crippen LogP contribution in [0, 0.1) is 13.8 Å². The van der Waals surface area contributed by atoms with Gasteiger partial charge in [0.1, 0.15) is 28.6 Å². The van der Waals surface area contributed by atoms with Crippen LogP contribution in [-0.2, 0) is 23.7 Å². The number of hydrogen-bond acceptors (Lipinski definition) is 10. The molecule has 2 fully saturated rings. The lowest BCUT2D eigenvalue weighted by Crippen LogP contribution is -2.28. The maximum absolute atomic E-state index is 10.2. The van der Waals surface area contributed by atoms with Crippen molar-refractivity contribution in [3.05, 3.63) is 57.1 Å². The molecule has 2 unspecified atom stereocenters. The van der Waals surface area contributed by atoms with Gasteiger partial charge in [-0.05, 0) is 83.9 Å². The topological polar surface area (TPSA) is 92.2 Å². The van der Waals surface area contributed by atoms with Crippen LogP contribution in [0.25, 0.3) is 0 Å². The second kappa shape index (κ2) is 15.6. The van der Waals surface area contributed by atoms with Gasteiger partial charge in [-0.15, -0.1) is 0 Å². The first kappa shape index (κ1) is 36.1. The summed E-state index contributed by atoms with van der Waals surface area (Å²) in [5.74, 6) is -1.25. The minimum absolute atomic E-state index is 0.231. The van der Waals surface area contributed by atoms with E-state index in [0.717, 1.165) is 16.7 Å². The molecular formula is C28H37Cl3N2O6S2. The molecule has 2 saturated heterocycles. The first-order valence-corrected chi connectivity index (χ1v) is 14.7. The maximum Gasteiger partial charge on any atom is 0.163 e. The van der Waals surface area contributed by atoms with Crippen LogP contribution in [0.3, 0.4) is 0 Å². The van der Waals surface area contributed by atoms with Crippen molar-refractivity contribution in [3.8, 4) is 0 Å². The Hall–Kier alpha value is -1.05. The van der Waals surface area contributed by atoms with Gasteiger partial charge in [-0.25, -0.2) is 9.97 Å². The van der Waals surface area contributed by atoms with Crippen molar-refractivity contribution in [2.75, 3.05) is 13.2 Å². The molecule has 1 N–H and O–H groups in total. The summed E-state index contributed by atoms with van der Waals surface area (Å²) in [4.78, 5) is 8.18. The summed E-state index contributed by atoms with van der Waals surface area (Å²) in [6.07, 6.45) is 1.55. The highest BCUT2D eigenvalue weighted by atomic mass is 35.5. The van der Waals surface area contributed by atoms with Crippen molar-refractivity contribution >= 4 is 68.6 Å². The molecule has 0 radical (unpaired) electrons. The third-order valence-corrected chi connectivity index (χ3v) is 6.67. The number of aromatic nitrogens is 2. The van der Waals surface area contributed by atoms with Crippen LogP contribution in [0.2, 0.25) is 10.3 Å². The van der Waals surface area contributed by atoms with Crippen molar-refractivity contribution in [1.82, 2.24) is 9.97 Å². The summed E-state index contributed by atoms with van der Waals surface area (Å²) in [5.41, 5.74) is 3.29. The standard InChI is InChI=1S/C14H18ClNO3S.C12H16ClNO3.C2H3ClS/c1-8-5-10(6-16-13(8)15)12(18-9(2)20)11-7-17-14(3,4)19-11;1-7-4-8(5-14-11(7)13)10(15)9-6-16-12(2,3)17-9;1-2(3)4/h5-6,11-12H,7H2,1-4H3;4-5,9-10,15H,6H2,1-3H3;1H3/t11-,12?;9-,10?;/m00./s1. The van der Waals surface area contributed by atoms with Crippen LogP contribution < -0.4 is 0 Å². The Morgan fingerprint density at radius 3 is 1.71 bits per heavy atom. The molecular weight excluding hydrogens is 631 g/mol. The number of halogens is 3. The fraction of sp³-hybridized carbons (Fsp3) is 0.571. The lowest BCUT2D eigenvalue weighted by molar-refractivity contribution is -0.151. The van der Waals surface area contributed by atoms with E-state index in [-0.39, 0.29) is 18.3 Å². The first-order chi connectivity index (χ1) is 18.9. The van der Waals surface area contributed by atoms with Crippen LogP contribution in [0.15, 0.2) is 24.5 Å². The van der Waals surface area contributed by atoms with Gasteiger partial charge in [0.2, 0.25) is 0 Å². The molecule has 0 bridgehead atoms. The molecule has 13 heteroatoms. The van der Waals surface area contributed by atoms with Crippen LogP contribution in [0.1, 0.15) is 76.0 Å². The molecule has 8 nitrogen and oxygen atoms in total. The fourth-order valence-electron chi connectivity index (χ4n) is 3.96. The highest BCUT2D eigenvalue weighted by Crippen LogP contribution is 2.34. The van der Waals surface area contributed by atoms with E-state index >= 15 is 0 Å². The van der Waals surface area contributed by atoms with E-state index in [4.69, 9.17) is 70.7 Å². The van der Waals surface area contributed by atoms with Crippen LogP contribution >= 0.6 is 59.2 Å². The van der Waals surface area contributed by atoms with Crippen LogP contribution in [0.4, 0.5) is 0 Å². The van der Waals surface area contributed by atoms with Gasteiger partial charge >= 0.3 is 0 Å². The summed E-state index contributed by atoms with van der Waals surface area (Å²) < 4.78 is 28.7. The van der Waals surface area contributed by atoms with Crippen molar-refractivity contribution in [2.24, 2.45) is 0 Å². The zero-order chi connectivity index (χ0) is 31.1. The quantitative estimate of drug-likeness (QED) is 0.198.